The molecule has 5 heteroatoms. The highest BCUT2D eigenvalue weighted by molar-refractivity contribution is 6.04. The molecule has 0 saturated carbocycles. The number of hydrogen-bond donors (Lipinski definition) is 0. The van der Waals surface area contributed by atoms with Gasteiger partial charge >= 0.3 is 0 Å². The zero-order chi connectivity index (χ0) is 16.1. The monoisotopic (exact) mass is 322 g/mol. The molecule has 1 aliphatic carbocycles. The van der Waals surface area contributed by atoms with Gasteiger partial charge in [0, 0.05) is 18.8 Å². The van der Waals surface area contributed by atoms with Crippen LogP contribution < -0.4 is 4.90 Å². The van der Waals surface area contributed by atoms with Crippen LogP contribution in [0.4, 0.5) is 5.82 Å². The lowest BCUT2D eigenvalue weighted by Gasteiger charge is -2.31. The molecule has 3 aromatic rings. The Morgan fingerprint density at radius 1 is 1.17 bits per heavy atom. The first-order valence-corrected chi connectivity index (χ1v) is 9.10. The van der Waals surface area contributed by atoms with Crippen LogP contribution in [0.2, 0.25) is 0 Å². The Hall–Kier alpha value is -2.17. The molecule has 0 amide bonds. The lowest BCUT2D eigenvalue weighted by molar-refractivity contribution is 0.444. The smallest absolute Gasteiger partial charge is 0.229 e. The third-order valence-corrected chi connectivity index (χ3v) is 5.46. The highest BCUT2D eigenvalue weighted by Crippen LogP contribution is 2.35. The van der Waals surface area contributed by atoms with Gasteiger partial charge in [0.05, 0.1) is 5.39 Å². The minimum Gasteiger partial charge on any atom is -0.432 e. The van der Waals surface area contributed by atoms with Crippen molar-refractivity contribution in [3.63, 3.8) is 0 Å². The molecule has 2 aliphatic rings. The number of pyridine rings is 1. The van der Waals surface area contributed by atoms with E-state index in [0.717, 1.165) is 53.9 Å². The van der Waals surface area contributed by atoms with Crippen LogP contribution in [0, 0.1) is 5.92 Å². The van der Waals surface area contributed by atoms with Crippen LogP contribution in [0.15, 0.2) is 16.8 Å². The molecular formula is C19H22N4O. The number of fused-ring (bicyclic) bond motifs is 4. The SMILES string of the molecule is CC1CCCN(c2ncnc3c2oc2nc4c(cc23)CCCC4)C1. The van der Waals surface area contributed by atoms with Crippen LogP contribution in [-0.4, -0.2) is 28.0 Å². The number of anilines is 1. The van der Waals surface area contributed by atoms with Crippen molar-refractivity contribution >= 4 is 28.0 Å². The molecule has 5 nitrogen and oxygen atoms in total. The molecule has 1 saturated heterocycles. The van der Waals surface area contributed by atoms with Crippen molar-refractivity contribution < 1.29 is 4.42 Å². The summed E-state index contributed by atoms with van der Waals surface area (Å²) in [4.78, 5) is 16.2. The van der Waals surface area contributed by atoms with Gasteiger partial charge in [-0.15, -0.1) is 0 Å². The number of aryl methyl sites for hydroxylation is 2. The fourth-order valence-corrected chi connectivity index (χ4v) is 4.22. The van der Waals surface area contributed by atoms with E-state index in [2.05, 4.69) is 27.9 Å². The van der Waals surface area contributed by atoms with Crippen LogP contribution >= 0.6 is 0 Å². The summed E-state index contributed by atoms with van der Waals surface area (Å²) in [5.41, 5.74) is 5.00. The topological polar surface area (TPSA) is 55.1 Å². The number of aromatic nitrogens is 3. The number of rotatable bonds is 1. The van der Waals surface area contributed by atoms with E-state index in [1.165, 1.54) is 36.9 Å². The second-order valence-corrected chi connectivity index (χ2v) is 7.32. The average Bonchev–Trinajstić information content (AvgIpc) is 2.97. The predicted molar refractivity (Wildman–Crippen MR) is 94.4 cm³/mol. The third-order valence-electron chi connectivity index (χ3n) is 5.46. The molecule has 1 aliphatic heterocycles. The zero-order valence-electron chi connectivity index (χ0n) is 14.1. The summed E-state index contributed by atoms with van der Waals surface area (Å²) < 4.78 is 6.16. The molecular weight excluding hydrogens is 300 g/mol. The van der Waals surface area contributed by atoms with Crippen LogP contribution in [0.25, 0.3) is 22.2 Å². The number of piperidine rings is 1. The molecule has 0 radical (unpaired) electrons. The van der Waals surface area contributed by atoms with E-state index in [4.69, 9.17) is 9.40 Å². The minimum atomic E-state index is 0.693. The molecule has 1 fully saturated rings. The standard InChI is InChI=1S/C19H22N4O/c1-12-5-4-8-23(10-12)18-17-16(20-11-21-18)14-9-13-6-2-3-7-15(13)22-19(14)24-17/h9,11-12H,2-8,10H2,1H3. The summed E-state index contributed by atoms with van der Waals surface area (Å²) in [6.45, 7) is 4.38. The first-order chi connectivity index (χ1) is 11.8. The van der Waals surface area contributed by atoms with E-state index in [9.17, 15) is 0 Å². The first kappa shape index (κ1) is 14.2. The van der Waals surface area contributed by atoms with Crippen LogP contribution in [-0.2, 0) is 12.8 Å². The number of furan rings is 1. The van der Waals surface area contributed by atoms with Crippen LogP contribution in [0.1, 0.15) is 43.9 Å². The van der Waals surface area contributed by atoms with E-state index in [0.29, 0.717) is 5.92 Å². The second-order valence-electron chi connectivity index (χ2n) is 7.32. The fourth-order valence-electron chi connectivity index (χ4n) is 4.22. The van der Waals surface area contributed by atoms with Gasteiger partial charge in [-0.25, -0.2) is 15.0 Å². The van der Waals surface area contributed by atoms with Crippen molar-refractivity contribution in [1.82, 2.24) is 15.0 Å². The van der Waals surface area contributed by atoms with Gasteiger partial charge < -0.3 is 9.32 Å². The Bertz CT molecular complexity index is 917. The Balaban J connectivity index is 1.69. The third kappa shape index (κ3) is 2.18. The minimum absolute atomic E-state index is 0.693. The van der Waals surface area contributed by atoms with E-state index in [-0.39, 0.29) is 0 Å². The largest absolute Gasteiger partial charge is 0.432 e. The molecule has 0 bridgehead atoms. The van der Waals surface area contributed by atoms with Gasteiger partial charge in [0.1, 0.15) is 11.8 Å². The van der Waals surface area contributed by atoms with Crippen molar-refractivity contribution in [2.75, 3.05) is 18.0 Å². The van der Waals surface area contributed by atoms with Crippen molar-refractivity contribution in [3.05, 3.63) is 23.7 Å². The summed E-state index contributed by atoms with van der Waals surface area (Å²) in [5.74, 6) is 1.63. The second kappa shape index (κ2) is 5.43. The van der Waals surface area contributed by atoms with Crippen molar-refractivity contribution in [3.8, 4) is 0 Å². The number of hydrogen-bond acceptors (Lipinski definition) is 5. The molecule has 4 heterocycles. The quantitative estimate of drug-likeness (QED) is 0.680. The van der Waals surface area contributed by atoms with Crippen LogP contribution in [0.3, 0.4) is 0 Å². The molecule has 3 aromatic heterocycles. The highest BCUT2D eigenvalue weighted by atomic mass is 16.3. The first-order valence-electron chi connectivity index (χ1n) is 9.10. The average molecular weight is 322 g/mol. The maximum Gasteiger partial charge on any atom is 0.229 e. The van der Waals surface area contributed by atoms with Crippen LogP contribution in [0.5, 0.6) is 0 Å². The predicted octanol–water partition coefficient (Wildman–Crippen LogP) is 3.89. The number of nitrogens with zero attached hydrogens (tertiary/aromatic N) is 4. The van der Waals surface area contributed by atoms with Gasteiger partial charge in [-0.05, 0) is 56.1 Å². The summed E-state index contributed by atoms with van der Waals surface area (Å²) in [7, 11) is 0. The zero-order valence-corrected chi connectivity index (χ0v) is 14.1. The van der Waals surface area contributed by atoms with E-state index in [1.807, 2.05) is 0 Å². The normalized spacial score (nSPS) is 21.4. The van der Waals surface area contributed by atoms with Crippen molar-refractivity contribution in [2.24, 2.45) is 5.92 Å². The van der Waals surface area contributed by atoms with Crippen molar-refractivity contribution in [2.45, 2.75) is 45.4 Å². The van der Waals surface area contributed by atoms with Gasteiger partial charge in [0.2, 0.25) is 5.71 Å². The highest BCUT2D eigenvalue weighted by Gasteiger charge is 2.24. The Morgan fingerprint density at radius 3 is 3.00 bits per heavy atom. The lowest BCUT2D eigenvalue weighted by Crippen LogP contribution is -2.34. The Morgan fingerprint density at radius 2 is 2.08 bits per heavy atom. The van der Waals surface area contributed by atoms with Gasteiger partial charge in [0.25, 0.3) is 0 Å². The molecule has 0 N–H and O–H groups in total. The Labute approximate surface area is 141 Å². The molecule has 24 heavy (non-hydrogen) atoms. The van der Waals surface area contributed by atoms with Gasteiger partial charge in [-0.1, -0.05) is 6.92 Å². The van der Waals surface area contributed by atoms with Gasteiger partial charge in [0.15, 0.2) is 11.4 Å². The Kier molecular flexibility index (Phi) is 3.21. The van der Waals surface area contributed by atoms with Crippen molar-refractivity contribution in [1.29, 1.82) is 0 Å². The molecule has 0 spiro atoms. The maximum atomic E-state index is 6.16. The summed E-state index contributed by atoms with van der Waals surface area (Å²) >= 11 is 0. The summed E-state index contributed by atoms with van der Waals surface area (Å²) in [6.07, 6.45) is 8.82. The van der Waals surface area contributed by atoms with Gasteiger partial charge in [-0.2, -0.15) is 0 Å². The summed E-state index contributed by atoms with van der Waals surface area (Å²) in [5, 5.41) is 1.04. The molecule has 5 rings (SSSR count). The molecule has 0 aromatic carbocycles. The fraction of sp³-hybridized carbons (Fsp3) is 0.526. The molecule has 1 atom stereocenters. The summed E-state index contributed by atoms with van der Waals surface area (Å²) in [6, 6.07) is 2.25. The van der Waals surface area contributed by atoms with Gasteiger partial charge in [-0.3, -0.25) is 0 Å². The molecule has 1 unspecified atom stereocenters. The lowest BCUT2D eigenvalue weighted by atomic mass is 9.95. The van der Waals surface area contributed by atoms with E-state index < -0.39 is 0 Å². The van der Waals surface area contributed by atoms with E-state index in [1.54, 1.807) is 6.33 Å². The van der Waals surface area contributed by atoms with E-state index >= 15 is 0 Å². The molecule has 124 valence electrons. The maximum absolute atomic E-state index is 6.16.